The van der Waals surface area contributed by atoms with Crippen LogP contribution in [-0.4, -0.2) is 27.7 Å². The second kappa shape index (κ2) is 7.11. The van der Waals surface area contributed by atoms with Gasteiger partial charge >= 0.3 is 0 Å². The Morgan fingerprint density at radius 2 is 2.19 bits per heavy atom. The van der Waals surface area contributed by atoms with Crippen molar-refractivity contribution in [3.63, 3.8) is 0 Å². The molecule has 2 aromatic heterocycles. The van der Waals surface area contributed by atoms with E-state index in [1.54, 1.807) is 11.3 Å². The predicted molar refractivity (Wildman–Crippen MR) is 91.4 cm³/mol. The molecule has 110 valence electrons. The van der Waals surface area contributed by atoms with Gasteiger partial charge in [0.15, 0.2) is 4.96 Å². The molecule has 1 unspecified atom stereocenters. The Hall–Kier alpha value is -1.30. The summed E-state index contributed by atoms with van der Waals surface area (Å²) in [6, 6.07) is 11.0. The first-order valence-electron chi connectivity index (χ1n) is 7.17. The minimum Gasteiger partial charge on any atom is -0.313 e. The highest BCUT2D eigenvalue weighted by Crippen LogP contribution is 2.20. The summed E-state index contributed by atoms with van der Waals surface area (Å²) >= 11 is 3.59. The number of thioether (sulfide) groups is 1. The van der Waals surface area contributed by atoms with Crippen LogP contribution in [0.15, 0.2) is 53.0 Å². The van der Waals surface area contributed by atoms with Crippen molar-refractivity contribution in [2.75, 3.05) is 12.3 Å². The molecule has 0 aliphatic carbocycles. The monoisotopic (exact) mass is 317 g/mol. The van der Waals surface area contributed by atoms with Gasteiger partial charge in [-0.2, -0.15) is 0 Å². The molecule has 2 heterocycles. The maximum absolute atomic E-state index is 4.68. The summed E-state index contributed by atoms with van der Waals surface area (Å²) in [6.45, 7) is 3.15. The van der Waals surface area contributed by atoms with Crippen LogP contribution in [0.5, 0.6) is 0 Å². The highest BCUT2D eigenvalue weighted by Gasteiger charge is 2.12. The van der Waals surface area contributed by atoms with Gasteiger partial charge < -0.3 is 5.32 Å². The molecular weight excluding hydrogens is 298 g/mol. The lowest BCUT2D eigenvalue weighted by molar-refractivity contribution is 0.568. The fraction of sp³-hybridized carbons (Fsp3) is 0.312. The van der Waals surface area contributed by atoms with Crippen molar-refractivity contribution in [3.8, 4) is 0 Å². The maximum Gasteiger partial charge on any atom is 0.193 e. The molecular formula is C16H19N3S2. The third-order valence-corrected chi connectivity index (χ3v) is 5.23. The third kappa shape index (κ3) is 3.87. The normalized spacial score (nSPS) is 12.8. The van der Waals surface area contributed by atoms with Gasteiger partial charge in [-0.25, -0.2) is 4.98 Å². The average molecular weight is 317 g/mol. The molecule has 0 bridgehead atoms. The number of benzene rings is 1. The van der Waals surface area contributed by atoms with Crippen molar-refractivity contribution in [1.29, 1.82) is 0 Å². The van der Waals surface area contributed by atoms with Crippen LogP contribution in [-0.2, 0) is 6.42 Å². The van der Waals surface area contributed by atoms with Crippen LogP contribution in [0.2, 0.25) is 0 Å². The lowest BCUT2D eigenvalue weighted by Crippen LogP contribution is -2.33. The van der Waals surface area contributed by atoms with E-state index in [1.807, 2.05) is 11.8 Å². The van der Waals surface area contributed by atoms with Gasteiger partial charge in [-0.05, 0) is 18.7 Å². The Morgan fingerprint density at radius 3 is 2.95 bits per heavy atom. The molecule has 1 aromatic carbocycles. The van der Waals surface area contributed by atoms with Gasteiger partial charge in [0, 0.05) is 40.9 Å². The Balaban J connectivity index is 1.62. The molecule has 3 rings (SSSR count). The van der Waals surface area contributed by atoms with E-state index in [4.69, 9.17) is 0 Å². The summed E-state index contributed by atoms with van der Waals surface area (Å²) in [6.07, 6.45) is 5.18. The highest BCUT2D eigenvalue weighted by atomic mass is 32.2. The number of rotatable bonds is 7. The zero-order valence-corrected chi connectivity index (χ0v) is 13.7. The molecule has 0 spiro atoms. The number of thiazole rings is 1. The molecule has 0 amide bonds. The molecule has 5 heteroatoms. The van der Waals surface area contributed by atoms with Crippen LogP contribution < -0.4 is 5.32 Å². The van der Waals surface area contributed by atoms with Crippen molar-refractivity contribution >= 4 is 28.1 Å². The number of likely N-dealkylation sites (N-methyl/N-ethyl adjacent to an activating group) is 1. The van der Waals surface area contributed by atoms with Crippen molar-refractivity contribution in [2.45, 2.75) is 24.3 Å². The molecule has 3 aromatic rings. The summed E-state index contributed by atoms with van der Waals surface area (Å²) in [4.78, 5) is 7.09. The van der Waals surface area contributed by atoms with Gasteiger partial charge in [-0.1, -0.05) is 25.1 Å². The number of fused-ring (bicyclic) bond motifs is 1. The maximum atomic E-state index is 4.68. The fourth-order valence-corrected chi connectivity index (χ4v) is 4.02. The van der Waals surface area contributed by atoms with Crippen molar-refractivity contribution in [2.24, 2.45) is 0 Å². The second-order valence-electron chi connectivity index (χ2n) is 4.91. The Bertz CT molecular complexity index is 646. The SMILES string of the molecule is CCNC(CSc1ccccc1)Cc1cn2ccsc2n1. The number of imidazole rings is 1. The number of hydrogen-bond donors (Lipinski definition) is 1. The van der Waals surface area contributed by atoms with E-state index in [1.165, 1.54) is 10.6 Å². The quantitative estimate of drug-likeness (QED) is 0.674. The van der Waals surface area contributed by atoms with Crippen LogP contribution in [0.4, 0.5) is 0 Å². The van der Waals surface area contributed by atoms with Gasteiger partial charge in [0.25, 0.3) is 0 Å². The van der Waals surface area contributed by atoms with E-state index < -0.39 is 0 Å². The topological polar surface area (TPSA) is 29.3 Å². The van der Waals surface area contributed by atoms with E-state index >= 15 is 0 Å². The minimum atomic E-state index is 0.449. The van der Waals surface area contributed by atoms with Gasteiger partial charge in [0.2, 0.25) is 0 Å². The van der Waals surface area contributed by atoms with Crippen LogP contribution in [0, 0.1) is 0 Å². The zero-order chi connectivity index (χ0) is 14.5. The summed E-state index contributed by atoms with van der Waals surface area (Å²) in [7, 11) is 0. The molecule has 0 fully saturated rings. The molecule has 1 N–H and O–H groups in total. The van der Waals surface area contributed by atoms with E-state index in [-0.39, 0.29) is 0 Å². The third-order valence-electron chi connectivity index (χ3n) is 3.29. The van der Waals surface area contributed by atoms with Crippen LogP contribution in [0.25, 0.3) is 4.96 Å². The summed E-state index contributed by atoms with van der Waals surface area (Å²) in [5, 5.41) is 5.64. The number of aromatic nitrogens is 2. The van der Waals surface area contributed by atoms with Gasteiger partial charge in [0.1, 0.15) is 0 Å². The molecule has 0 saturated carbocycles. The van der Waals surface area contributed by atoms with Crippen molar-refractivity contribution in [1.82, 2.24) is 14.7 Å². The second-order valence-corrected chi connectivity index (χ2v) is 6.87. The lowest BCUT2D eigenvalue weighted by Gasteiger charge is -2.16. The van der Waals surface area contributed by atoms with Gasteiger partial charge in [-0.15, -0.1) is 23.1 Å². The van der Waals surface area contributed by atoms with Crippen LogP contribution in [0.1, 0.15) is 12.6 Å². The molecule has 0 aliphatic heterocycles. The minimum absolute atomic E-state index is 0.449. The predicted octanol–water partition coefficient (Wildman–Crippen LogP) is 3.71. The fourth-order valence-electron chi connectivity index (χ4n) is 2.32. The molecule has 0 aliphatic rings. The van der Waals surface area contributed by atoms with Gasteiger partial charge in [0.05, 0.1) is 5.69 Å². The summed E-state index contributed by atoms with van der Waals surface area (Å²) in [5.41, 5.74) is 1.17. The number of nitrogens with one attached hydrogen (secondary N) is 1. The molecule has 0 saturated heterocycles. The molecule has 1 atom stereocenters. The van der Waals surface area contributed by atoms with E-state index in [0.717, 1.165) is 23.7 Å². The van der Waals surface area contributed by atoms with E-state index in [9.17, 15) is 0 Å². The first-order valence-corrected chi connectivity index (χ1v) is 9.04. The Labute approximate surface area is 133 Å². The van der Waals surface area contributed by atoms with Crippen LogP contribution in [0.3, 0.4) is 0 Å². The molecule has 0 radical (unpaired) electrons. The smallest absolute Gasteiger partial charge is 0.193 e. The molecule has 21 heavy (non-hydrogen) atoms. The number of hydrogen-bond acceptors (Lipinski definition) is 4. The lowest BCUT2D eigenvalue weighted by atomic mass is 10.2. The molecule has 3 nitrogen and oxygen atoms in total. The van der Waals surface area contributed by atoms with Crippen LogP contribution >= 0.6 is 23.1 Å². The first-order chi connectivity index (χ1) is 10.3. The van der Waals surface area contributed by atoms with E-state index in [2.05, 4.69) is 69.7 Å². The number of nitrogens with zero attached hydrogens (tertiary/aromatic N) is 2. The summed E-state index contributed by atoms with van der Waals surface area (Å²) in [5.74, 6) is 1.06. The summed E-state index contributed by atoms with van der Waals surface area (Å²) < 4.78 is 2.10. The standard InChI is InChI=1S/C16H19N3S2/c1-2-17-14(12-21-15-6-4-3-5-7-15)10-13-11-19-8-9-20-16(19)18-13/h3-9,11,14,17H,2,10,12H2,1H3. The van der Waals surface area contributed by atoms with Gasteiger partial charge in [-0.3, -0.25) is 4.40 Å². The highest BCUT2D eigenvalue weighted by molar-refractivity contribution is 7.99. The first kappa shape index (κ1) is 14.6. The van der Waals surface area contributed by atoms with E-state index in [0.29, 0.717) is 6.04 Å². The van der Waals surface area contributed by atoms with Crippen molar-refractivity contribution in [3.05, 3.63) is 53.8 Å². The van der Waals surface area contributed by atoms with Crippen molar-refractivity contribution < 1.29 is 0 Å². The largest absolute Gasteiger partial charge is 0.313 e. The average Bonchev–Trinajstić information content (AvgIpc) is 3.07. The Kier molecular flexibility index (Phi) is 4.95. The zero-order valence-electron chi connectivity index (χ0n) is 12.0. The Morgan fingerprint density at radius 1 is 1.33 bits per heavy atom.